The monoisotopic (exact) mass is 392 g/mol. The van der Waals surface area contributed by atoms with E-state index in [1.165, 1.54) is 13.2 Å². The van der Waals surface area contributed by atoms with Crippen molar-refractivity contribution in [2.75, 3.05) is 7.11 Å². The molecule has 0 fully saturated rings. The smallest absolute Gasteiger partial charge is 0.330 e. The molecule has 1 atom stereocenters. The van der Waals surface area contributed by atoms with Crippen molar-refractivity contribution in [3.8, 4) is 0 Å². The van der Waals surface area contributed by atoms with Crippen LogP contribution in [0.3, 0.4) is 0 Å². The third-order valence-corrected chi connectivity index (χ3v) is 4.35. The maximum Gasteiger partial charge on any atom is 0.330 e. The highest BCUT2D eigenvalue weighted by molar-refractivity contribution is 6.36. The first-order valence-electron chi connectivity index (χ1n) is 7.85. The predicted molar refractivity (Wildman–Crippen MR) is 102 cm³/mol. The van der Waals surface area contributed by atoms with Crippen LogP contribution in [0.5, 0.6) is 0 Å². The molecule has 0 spiro atoms. The number of hydrogen-bond donors (Lipinski definition) is 1. The molecule has 1 unspecified atom stereocenters. The first-order valence-corrected chi connectivity index (χ1v) is 8.60. The number of carbonyl (C=O) groups is 2. The number of amides is 1. The second-order valence-corrected chi connectivity index (χ2v) is 6.35. The summed E-state index contributed by atoms with van der Waals surface area (Å²) in [5.74, 6) is -0.642. The highest BCUT2D eigenvalue weighted by atomic mass is 35.5. The number of esters is 1. The third-order valence-electron chi connectivity index (χ3n) is 3.64. The van der Waals surface area contributed by atoms with Gasteiger partial charge in [-0.3, -0.25) is 9.78 Å². The van der Waals surface area contributed by atoms with Crippen LogP contribution in [0.1, 0.15) is 29.8 Å². The molecule has 1 N–H and O–H groups in total. The van der Waals surface area contributed by atoms with Gasteiger partial charge in [-0.1, -0.05) is 35.3 Å². The molecular formula is C19H18Cl2N2O3. The van der Waals surface area contributed by atoms with Gasteiger partial charge in [-0.05, 0) is 42.3 Å². The Balaban J connectivity index is 1.98. The molecule has 1 aromatic carbocycles. The van der Waals surface area contributed by atoms with Gasteiger partial charge in [0.25, 0.3) is 0 Å². The lowest BCUT2D eigenvalue weighted by atomic mass is 10.1. The summed E-state index contributed by atoms with van der Waals surface area (Å²) >= 11 is 12.2. The summed E-state index contributed by atoms with van der Waals surface area (Å²) in [6.45, 7) is 1.83. The molecule has 0 aliphatic carbocycles. The minimum absolute atomic E-state index is 0.0861. The molecule has 1 heterocycles. The predicted octanol–water partition coefficient (Wildman–Crippen LogP) is 3.99. The molecule has 7 heteroatoms. The van der Waals surface area contributed by atoms with Crippen molar-refractivity contribution in [2.24, 2.45) is 0 Å². The summed E-state index contributed by atoms with van der Waals surface area (Å²) in [6, 6.07) is 8.42. The van der Waals surface area contributed by atoms with Crippen LogP contribution in [-0.2, 0) is 20.7 Å². The van der Waals surface area contributed by atoms with Gasteiger partial charge in [0.05, 0.1) is 25.3 Å². The minimum Gasteiger partial charge on any atom is -0.466 e. The summed E-state index contributed by atoms with van der Waals surface area (Å²) in [4.78, 5) is 27.7. The van der Waals surface area contributed by atoms with Crippen molar-refractivity contribution in [2.45, 2.75) is 19.4 Å². The van der Waals surface area contributed by atoms with Gasteiger partial charge < -0.3 is 10.1 Å². The number of pyridine rings is 1. The topological polar surface area (TPSA) is 68.3 Å². The number of benzene rings is 1. The molecular weight excluding hydrogens is 375 g/mol. The van der Waals surface area contributed by atoms with Crippen LogP contribution >= 0.6 is 23.2 Å². The standard InChI is InChI=1S/C19H18Cl2N2O3/c1-12(17-8-6-13(11-22-17)7-9-19(25)26-2)23-18(24)10-14-15(20)4-3-5-16(14)21/h3-9,11-12H,10H2,1-2H3,(H,23,24)/b9-7+. The van der Waals surface area contributed by atoms with E-state index in [-0.39, 0.29) is 18.4 Å². The van der Waals surface area contributed by atoms with Crippen LogP contribution < -0.4 is 5.32 Å². The molecule has 2 aromatic rings. The van der Waals surface area contributed by atoms with Crippen molar-refractivity contribution in [1.82, 2.24) is 10.3 Å². The van der Waals surface area contributed by atoms with E-state index in [1.54, 1.807) is 42.6 Å². The van der Waals surface area contributed by atoms with Crippen LogP contribution in [0.2, 0.25) is 10.0 Å². The lowest BCUT2D eigenvalue weighted by Gasteiger charge is -2.14. The van der Waals surface area contributed by atoms with E-state index >= 15 is 0 Å². The van der Waals surface area contributed by atoms with E-state index in [2.05, 4.69) is 15.0 Å². The Bertz CT molecular complexity index is 800. The second kappa shape index (κ2) is 9.36. The lowest BCUT2D eigenvalue weighted by molar-refractivity contribution is -0.134. The summed E-state index contributed by atoms with van der Waals surface area (Å²) in [6.07, 6.45) is 4.62. The van der Waals surface area contributed by atoms with Crippen molar-refractivity contribution >= 4 is 41.2 Å². The summed E-state index contributed by atoms with van der Waals surface area (Å²) in [7, 11) is 1.31. The molecule has 0 saturated heterocycles. The molecule has 0 saturated carbocycles. The lowest BCUT2D eigenvalue weighted by Crippen LogP contribution is -2.28. The number of halogens is 2. The summed E-state index contributed by atoms with van der Waals surface area (Å²) < 4.78 is 4.53. The van der Waals surface area contributed by atoms with Gasteiger partial charge >= 0.3 is 5.97 Å². The summed E-state index contributed by atoms with van der Waals surface area (Å²) in [5, 5.41) is 3.78. The Labute approximate surface area is 162 Å². The first-order chi connectivity index (χ1) is 12.4. The van der Waals surface area contributed by atoms with Crippen LogP contribution in [0.15, 0.2) is 42.6 Å². The maximum absolute atomic E-state index is 12.3. The maximum atomic E-state index is 12.3. The van der Waals surface area contributed by atoms with Gasteiger partial charge in [-0.2, -0.15) is 0 Å². The van der Waals surface area contributed by atoms with Gasteiger partial charge in [-0.15, -0.1) is 0 Å². The van der Waals surface area contributed by atoms with Gasteiger partial charge in [0, 0.05) is 22.3 Å². The van der Waals surface area contributed by atoms with Crippen molar-refractivity contribution in [3.05, 3.63) is 69.5 Å². The number of nitrogens with one attached hydrogen (secondary N) is 1. The van der Waals surface area contributed by atoms with Gasteiger partial charge in [0.1, 0.15) is 0 Å². The molecule has 1 aromatic heterocycles. The number of carbonyl (C=O) groups excluding carboxylic acids is 2. The molecule has 1 amide bonds. The molecule has 0 bridgehead atoms. The zero-order valence-electron chi connectivity index (χ0n) is 14.3. The highest BCUT2D eigenvalue weighted by Crippen LogP contribution is 2.24. The number of nitrogens with zero attached hydrogens (tertiary/aromatic N) is 1. The average molecular weight is 393 g/mol. The zero-order chi connectivity index (χ0) is 19.1. The molecule has 26 heavy (non-hydrogen) atoms. The van der Waals surface area contributed by atoms with E-state index in [1.807, 2.05) is 6.92 Å². The van der Waals surface area contributed by atoms with Crippen LogP contribution in [0.25, 0.3) is 6.08 Å². The first kappa shape index (κ1) is 19.9. The average Bonchev–Trinajstić information content (AvgIpc) is 2.63. The number of aromatic nitrogens is 1. The fraction of sp³-hybridized carbons (Fsp3) is 0.211. The van der Waals surface area contributed by atoms with Crippen molar-refractivity contribution < 1.29 is 14.3 Å². The fourth-order valence-electron chi connectivity index (χ4n) is 2.23. The number of hydrogen-bond acceptors (Lipinski definition) is 4. The van der Waals surface area contributed by atoms with Crippen LogP contribution in [0.4, 0.5) is 0 Å². The number of ether oxygens (including phenoxy) is 1. The Morgan fingerprint density at radius 3 is 2.50 bits per heavy atom. The zero-order valence-corrected chi connectivity index (χ0v) is 15.8. The molecule has 136 valence electrons. The third kappa shape index (κ3) is 5.58. The number of methoxy groups -OCH3 is 1. The van der Waals surface area contributed by atoms with Crippen LogP contribution in [0, 0.1) is 0 Å². The molecule has 2 rings (SSSR count). The van der Waals surface area contributed by atoms with E-state index in [4.69, 9.17) is 23.2 Å². The molecule has 5 nitrogen and oxygen atoms in total. The van der Waals surface area contributed by atoms with Gasteiger partial charge in [0.2, 0.25) is 5.91 Å². The Morgan fingerprint density at radius 1 is 1.23 bits per heavy atom. The summed E-state index contributed by atoms with van der Waals surface area (Å²) in [5.41, 5.74) is 2.04. The fourth-order valence-corrected chi connectivity index (χ4v) is 2.76. The molecule has 0 radical (unpaired) electrons. The van der Waals surface area contributed by atoms with Crippen molar-refractivity contribution in [1.29, 1.82) is 0 Å². The highest BCUT2D eigenvalue weighted by Gasteiger charge is 2.14. The Morgan fingerprint density at radius 2 is 1.92 bits per heavy atom. The quantitative estimate of drug-likeness (QED) is 0.595. The second-order valence-electron chi connectivity index (χ2n) is 5.54. The van der Waals surface area contributed by atoms with Crippen molar-refractivity contribution in [3.63, 3.8) is 0 Å². The van der Waals surface area contributed by atoms with Crippen LogP contribution in [-0.4, -0.2) is 24.0 Å². The normalized spacial score (nSPS) is 12.0. The molecule has 0 aliphatic heterocycles. The van der Waals surface area contributed by atoms with E-state index in [0.717, 1.165) is 5.56 Å². The van der Waals surface area contributed by atoms with Gasteiger partial charge in [0.15, 0.2) is 0 Å². The minimum atomic E-state index is -0.437. The van der Waals surface area contributed by atoms with Gasteiger partial charge in [-0.25, -0.2) is 4.79 Å². The Kier molecular flexibility index (Phi) is 7.18. The van der Waals surface area contributed by atoms with E-state index in [9.17, 15) is 9.59 Å². The SMILES string of the molecule is COC(=O)/C=C/c1ccc(C(C)NC(=O)Cc2c(Cl)cccc2Cl)nc1. The Hall–Kier alpha value is -2.37. The van der Waals surface area contributed by atoms with E-state index in [0.29, 0.717) is 21.3 Å². The number of rotatable bonds is 6. The largest absolute Gasteiger partial charge is 0.466 e. The molecule has 0 aliphatic rings. The van der Waals surface area contributed by atoms with E-state index < -0.39 is 5.97 Å².